The molecule has 0 unspecified atom stereocenters. The normalized spacial score (nSPS) is 21.4. The third-order valence-corrected chi connectivity index (χ3v) is 4.86. The van der Waals surface area contributed by atoms with Gasteiger partial charge in [-0.2, -0.15) is 0 Å². The van der Waals surface area contributed by atoms with Gasteiger partial charge in [0.05, 0.1) is 0 Å². The third kappa shape index (κ3) is 3.85. The lowest BCUT2D eigenvalue weighted by Crippen LogP contribution is -2.43. The fraction of sp³-hybridized carbons (Fsp3) is 0.611. The minimum absolute atomic E-state index is 0.212. The molecule has 0 spiro atoms. The van der Waals surface area contributed by atoms with E-state index < -0.39 is 0 Å². The molecule has 0 aromatic heterocycles. The van der Waals surface area contributed by atoms with Gasteiger partial charge in [-0.25, -0.2) is 0 Å². The van der Waals surface area contributed by atoms with E-state index in [-0.39, 0.29) is 5.92 Å². The van der Waals surface area contributed by atoms with Crippen LogP contribution in [0.2, 0.25) is 0 Å². The average molecular weight is 287 g/mol. The molecular formula is C18H25NO2. The molecule has 2 heterocycles. The molecule has 1 amide bonds. The molecule has 0 radical (unpaired) electrons. The number of hydrogen-bond donors (Lipinski definition) is 0. The van der Waals surface area contributed by atoms with Gasteiger partial charge in [-0.05, 0) is 43.6 Å². The molecule has 1 aromatic rings. The van der Waals surface area contributed by atoms with Gasteiger partial charge in [0.25, 0.3) is 0 Å². The maximum atomic E-state index is 12.5. The fourth-order valence-corrected chi connectivity index (χ4v) is 3.51. The van der Waals surface area contributed by atoms with Crippen molar-refractivity contribution < 1.29 is 9.53 Å². The van der Waals surface area contributed by atoms with Crippen LogP contribution in [0.15, 0.2) is 30.3 Å². The number of hydrogen-bond acceptors (Lipinski definition) is 2. The third-order valence-electron chi connectivity index (χ3n) is 4.86. The molecular weight excluding hydrogens is 262 g/mol. The molecule has 0 atom stereocenters. The van der Waals surface area contributed by atoms with E-state index >= 15 is 0 Å². The average Bonchev–Trinajstić information content (AvgIpc) is 2.57. The van der Waals surface area contributed by atoms with Gasteiger partial charge in [-0.3, -0.25) is 4.79 Å². The van der Waals surface area contributed by atoms with Gasteiger partial charge >= 0.3 is 0 Å². The van der Waals surface area contributed by atoms with Crippen molar-refractivity contribution in [2.75, 3.05) is 26.3 Å². The summed E-state index contributed by atoms with van der Waals surface area (Å²) in [7, 11) is 0. The Bertz CT molecular complexity index is 446. The Morgan fingerprint density at radius 2 is 1.71 bits per heavy atom. The summed E-state index contributed by atoms with van der Waals surface area (Å²) in [6.07, 6.45) is 5.25. The zero-order chi connectivity index (χ0) is 14.5. The maximum absolute atomic E-state index is 12.5. The molecule has 1 aromatic carbocycles. The monoisotopic (exact) mass is 287 g/mol. The second-order valence-electron chi connectivity index (χ2n) is 6.35. The Balaban J connectivity index is 1.47. The van der Waals surface area contributed by atoms with Crippen LogP contribution >= 0.6 is 0 Å². The number of carbonyl (C=O) groups is 1. The summed E-state index contributed by atoms with van der Waals surface area (Å²) in [6, 6.07) is 10.7. The van der Waals surface area contributed by atoms with E-state index in [1.165, 1.54) is 5.56 Å². The van der Waals surface area contributed by atoms with E-state index in [0.717, 1.165) is 64.3 Å². The first kappa shape index (κ1) is 14.6. The highest BCUT2D eigenvalue weighted by atomic mass is 16.5. The zero-order valence-electron chi connectivity index (χ0n) is 12.7. The second-order valence-corrected chi connectivity index (χ2v) is 6.35. The van der Waals surface area contributed by atoms with Crippen molar-refractivity contribution in [1.82, 2.24) is 4.90 Å². The Hall–Kier alpha value is -1.35. The van der Waals surface area contributed by atoms with E-state index in [4.69, 9.17) is 4.74 Å². The van der Waals surface area contributed by atoms with E-state index in [9.17, 15) is 4.79 Å². The number of carbonyl (C=O) groups excluding carboxylic acids is 1. The van der Waals surface area contributed by atoms with Crippen LogP contribution in [0.25, 0.3) is 0 Å². The highest BCUT2D eigenvalue weighted by molar-refractivity contribution is 5.79. The lowest BCUT2D eigenvalue weighted by atomic mass is 9.89. The SMILES string of the molecule is O=C(C1CCOCC1)N1CCC(Cc2ccccc2)CC1. The number of benzene rings is 1. The largest absolute Gasteiger partial charge is 0.381 e. The summed E-state index contributed by atoms with van der Waals surface area (Å²) >= 11 is 0. The molecule has 0 aliphatic carbocycles. The van der Waals surface area contributed by atoms with Crippen molar-refractivity contribution in [1.29, 1.82) is 0 Å². The first-order valence-electron chi connectivity index (χ1n) is 8.23. The van der Waals surface area contributed by atoms with E-state index in [1.54, 1.807) is 0 Å². The molecule has 0 bridgehead atoms. The van der Waals surface area contributed by atoms with Crippen molar-refractivity contribution in [2.24, 2.45) is 11.8 Å². The maximum Gasteiger partial charge on any atom is 0.225 e. The Morgan fingerprint density at radius 1 is 1.05 bits per heavy atom. The van der Waals surface area contributed by atoms with Gasteiger partial charge < -0.3 is 9.64 Å². The molecule has 3 rings (SSSR count). The predicted octanol–water partition coefficient (Wildman–Crippen LogP) is 2.89. The topological polar surface area (TPSA) is 29.5 Å². The molecule has 21 heavy (non-hydrogen) atoms. The molecule has 114 valence electrons. The van der Waals surface area contributed by atoms with Crippen LogP contribution in [0.5, 0.6) is 0 Å². The van der Waals surface area contributed by atoms with Gasteiger partial charge in [0.1, 0.15) is 0 Å². The Morgan fingerprint density at radius 3 is 2.38 bits per heavy atom. The summed E-state index contributed by atoms with van der Waals surface area (Å²) in [4.78, 5) is 14.6. The highest BCUT2D eigenvalue weighted by Crippen LogP contribution is 2.25. The molecule has 2 saturated heterocycles. The summed E-state index contributed by atoms with van der Waals surface area (Å²) in [5.41, 5.74) is 1.42. The molecule has 2 fully saturated rings. The molecule has 0 N–H and O–H groups in total. The van der Waals surface area contributed by atoms with Gasteiger partial charge in [-0.15, -0.1) is 0 Å². The van der Waals surface area contributed by atoms with Crippen molar-refractivity contribution in [3.05, 3.63) is 35.9 Å². The molecule has 0 saturated carbocycles. The van der Waals surface area contributed by atoms with Crippen LogP contribution in [0, 0.1) is 11.8 Å². The number of piperidine rings is 1. The number of rotatable bonds is 3. The van der Waals surface area contributed by atoms with Crippen LogP contribution in [0.1, 0.15) is 31.2 Å². The minimum atomic E-state index is 0.212. The van der Waals surface area contributed by atoms with Gasteiger partial charge in [0.15, 0.2) is 0 Å². The summed E-state index contributed by atoms with van der Waals surface area (Å²) in [6.45, 7) is 3.38. The zero-order valence-corrected chi connectivity index (χ0v) is 12.7. The number of amides is 1. The van der Waals surface area contributed by atoms with Gasteiger partial charge in [-0.1, -0.05) is 30.3 Å². The fourth-order valence-electron chi connectivity index (χ4n) is 3.51. The highest BCUT2D eigenvalue weighted by Gasteiger charge is 2.29. The summed E-state index contributed by atoms with van der Waals surface area (Å²) < 4.78 is 5.35. The second kappa shape index (κ2) is 7.08. The van der Waals surface area contributed by atoms with Crippen molar-refractivity contribution in [3.63, 3.8) is 0 Å². The van der Waals surface area contributed by atoms with Crippen LogP contribution in [-0.4, -0.2) is 37.1 Å². The lowest BCUT2D eigenvalue weighted by molar-refractivity contribution is -0.139. The van der Waals surface area contributed by atoms with Gasteiger partial charge in [0.2, 0.25) is 5.91 Å². The van der Waals surface area contributed by atoms with Crippen molar-refractivity contribution in [3.8, 4) is 0 Å². The lowest BCUT2D eigenvalue weighted by Gasteiger charge is -2.35. The molecule has 2 aliphatic heterocycles. The molecule has 3 heteroatoms. The quantitative estimate of drug-likeness (QED) is 0.855. The standard InChI is InChI=1S/C18H25NO2/c20-18(17-8-12-21-13-9-17)19-10-6-16(7-11-19)14-15-4-2-1-3-5-15/h1-5,16-17H,6-14H2. The number of nitrogens with zero attached hydrogens (tertiary/aromatic N) is 1. The number of ether oxygens (including phenoxy) is 1. The van der Waals surface area contributed by atoms with E-state index in [2.05, 4.69) is 35.2 Å². The van der Waals surface area contributed by atoms with Crippen LogP contribution in [0.4, 0.5) is 0 Å². The van der Waals surface area contributed by atoms with E-state index in [1.807, 2.05) is 0 Å². The predicted molar refractivity (Wildman–Crippen MR) is 83.0 cm³/mol. The molecule has 3 nitrogen and oxygen atoms in total. The van der Waals surface area contributed by atoms with Crippen LogP contribution < -0.4 is 0 Å². The van der Waals surface area contributed by atoms with Crippen molar-refractivity contribution >= 4 is 5.91 Å². The van der Waals surface area contributed by atoms with Crippen molar-refractivity contribution in [2.45, 2.75) is 32.1 Å². The summed E-state index contributed by atoms with van der Waals surface area (Å²) in [5.74, 6) is 1.31. The Kier molecular flexibility index (Phi) is 4.91. The van der Waals surface area contributed by atoms with E-state index in [0.29, 0.717) is 5.91 Å². The van der Waals surface area contributed by atoms with Crippen LogP contribution in [0.3, 0.4) is 0 Å². The summed E-state index contributed by atoms with van der Waals surface area (Å²) in [5, 5.41) is 0. The number of likely N-dealkylation sites (tertiary alicyclic amines) is 1. The minimum Gasteiger partial charge on any atom is -0.381 e. The smallest absolute Gasteiger partial charge is 0.225 e. The van der Waals surface area contributed by atoms with Gasteiger partial charge in [0, 0.05) is 32.2 Å². The van der Waals surface area contributed by atoms with Crippen LogP contribution in [-0.2, 0) is 16.0 Å². The molecule has 2 aliphatic rings. The Labute approximate surface area is 127 Å². The first-order valence-corrected chi connectivity index (χ1v) is 8.23. The first-order chi connectivity index (χ1) is 10.3.